The molecule has 2 aliphatic rings. The lowest BCUT2D eigenvalue weighted by atomic mass is 9.93. The van der Waals surface area contributed by atoms with Crippen LogP contribution in [0.15, 0.2) is 77.6 Å². The van der Waals surface area contributed by atoms with Crippen LogP contribution in [0, 0.1) is 12.8 Å². The summed E-state index contributed by atoms with van der Waals surface area (Å²) in [7, 11) is 0. The molecule has 2 aliphatic heterocycles. The van der Waals surface area contributed by atoms with Crippen molar-refractivity contribution in [2.45, 2.75) is 45.6 Å². The average molecular weight is 563 g/mol. The van der Waals surface area contributed by atoms with Crippen molar-refractivity contribution in [3.63, 3.8) is 0 Å². The number of carbonyl (C=O) groups is 2. The fourth-order valence-corrected chi connectivity index (χ4v) is 6.37. The SMILES string of the molecule is Cc1cc2ccc(NC(=O)c3ccc(-c4ccccc4)c(CN4CCCC(C(=O)N5CCCCC5)C4)c3)cc2[nH]c1=O. The quantitative estimate of drug-likeness (QED) is 0.303. The smallest absolute Gasteiger partial charge is 0.255 e. The van der Waals surface area contributed by atoms with Gasteiger partial charge < -0.3 is 15.2 Å². The summed E-state index contributed by atoms with van der Waals surface area (Å²) in [6.07, 6.45) is 5.36. The van der Waals surface area contributed by atoms with E-state index in [0.717, 1.165) is 73.9 Å². The van der Waals surface area contributed by atoms with Gasteiger partial charge in [0, 0.05) is 43.0 Å². The summed E-state index contributed by atoms with van der Waals surface area (Å²) in [5.74, 6) is 0.135. The Hall–Kier alpha value is -4.23. The third-order valence-corrected chi connectivity index (χ3v) is 8.66. The topological polar surface area (TPSA) is 85.5 Å². The Morgan fingerprint density at radius 3 is 2.52 bits per heavy atom. The monoisotopic (exact) mass is 562 g/mol. The van der Waals surface area contributed by atoms with E-state index in [0.29, 0.717) is 34.8 Å². The first-order valence-corrected chi connectivity index (χ1v) is 15.1. The number of hydrogen-bond donors (Lipinski definition) is 2. The predicted molar refractivity (Wildman–Crippen MR) is 168 cm³/mol. The molecule has 2 saturated heterocycles. The van der Waals surface area contributed by atoms with Gasteiger partial charge in [-0.25, -0.2) is 0 Å². The van der Waals surface area contributed by atoms with Gasteiger partial charge in [-0.3, -0.25) is 19.3 Å². The number of hydrogen-bond acceptors (Lipinski definition) is 4. The van der Waals surface area contributed by atoms with Crippen LogP contribution in [0.25, 0.3) is 22.0 Å². The number of H-pyrrole nitrogens is 1. The van der Waals surface area contributed by atoms with E-state index < -0.39 is 0 Å². The van der Waals surface area contributed by atoms with Crippen LogP contribution in [0.2, 0.25) is 0 Å². The Labute approximate surface area is 246 Å². The number of likely N-dealkylation sites (tertiary alicyclic amines) is 2. The number of aryl methyl sites for hydroxylation is 1. The molecule has 1 aromatic heterocycles. The number of aromatic nitrogens is 1. The highest BCUT2D eigenvalue weighted by atomic mass is 16.2. The molecule has 2 fully saturated rings. The fourth-order valence-electron chi connectivity index (χ4n) is 6.37. The maximum absolute atomic E-state index is 13.4. The summed E-state index contributed by atoms with van der Waals surface area (Å²) in [5.41, 5.74) is 5.66. The lowest BCUT2D eigenvalue weighted by Crippen LogP contribution is -2.46. The second-order valence-corrected chi connectivity index (χ2v) is 11.7. The maximum Gasteiger partial charge on any atom is 0.255 e. The average Bonchev–Trinajstić information content (AvgIpc) is 3.02. The van der Waals surface area contributed by atoms with Gasteiger partial charge in [0.05, 0.1) is 11.4 Å². The predicted octanol–water partition coefficient (Wildman–Crippen LogP) is 5.98. The summed E-state index contributed by atoms with van der Waals surface area (Å²) in [5, 5.41) is 3.92. The number of fused-ring (bicyclic) bond motifs is 1. The first-order valence-electron chi connectivity index (χ1n) is 15.1. The largest absolute Gasteiger partial charge is 0.342 e. The molecule has 216 valence electrons. The molecular formula is C35H38N4O3. The van der Waals surface area contributed by atoms with Gasteiger partial charge in [-0.15, -0.1) is 0 Å². The molecule has 2 amide bonds. The van der Waals surface area contributed by atoms with Crippen molar-refractivity contribution >= 4 is 28.4 Å². The van der Waals surface area contributed by atoms with Gasteiger partial charge >= 0.3 is 0 Å². The molecule has 0 spiro atoms. The van der Waals surface area contributed by atoms with Crippen molar-refractivity contribution in [3.8, 4) is 11.1 Å². The molecule has 3 heterocycles. The van der Waals surface area contributed by atoms with Crippen LogP contribution >= 0.6 is 0 Å². The Morgan fingerprint density at radius 2 is 1.71 bits per heavy atom. The van der Waals surface area contributed by atoms with Gasteiger partial charge in [0.25, 0.3) is 11.5 Å². The number of rotatable bonds is 6. The minimum atomic E-state index is -0.207. The molecule has 0 bridgehead atoms. The summed E-state index contributed by atoms with van der Waals surface area (Å²) in [6, 6.07) is 23.5. The van der Waals surface area contributed by atoms with Crippen molar-refractivity contribution in [3.05, 3.63) is 99.8 Å². The summed E-state index contributed by atoms with van der Waals surface area (Å²) in [6.45, 7) is 5.90. The molecule has 0 saturated carbocycles. The molecule has 7 heteroatoms. The molecule has 2 N–H and O–H groups in total. The van der Waals surface area contributed by atoms with E-state index in [1.807, 2.05) is 54.6 Å². The van der Waals surface area contributed by atoms with Crippen LogP contribution in [0.4, 0.5) is 5.69 Å². The maximum atomic E-state index is 13.4. The number of amides is 2. The minimum Gasteiger partial charge on any atom is -0.342 e. The Bertz CT molecular complexity index is 1660. The number of piperidine rings is 2. The van der Waals surface area contributed by atoms with Gasteiger partial charge in [0.15, 0.2) is 0 Å². The number of aromatic amines is 1. The molecule has 1 unspecified atom stereocenters. The highest BCUT2D eigenvalue weighted by Crippen LogP contribution is 2.29. The van der Waals surface area contributed by atoms with Crippen LogP contribution in [0.1, 0.15) is 53.6 Å². The number of carbonyl (C=O) groups excluding carboxylic acids is 2. The molecule has 6 rings (SSSR count). The molecular weight excluding hydrogens is 524 g/mol. The molecule has 0 radical (unpaired) electrons. The highest BCUT2D eigenvalue weighted by Gasteiger charge is 2.30. The van der Waals surface area contributed by atoms with Gasteiger partial charge in [-0.2, -0.15) is 0 Å². The van der Waals surface area contributed by atoms with E-state index in [2.05, 4.69) is 32.2 Å². The second kappa shape index (κ2) is 12.3. The Kier molecular flexibility index (Phi) is 8.20. The standard InChI is InChI=1S/C35H38N4O3/c1-24-19-26-12-14-30(21-32(26)37-33(24)40)36-34(41)27-13-15-31(25-9-4-2-5-10-25)29(20-27)23-38-16-8-11-28(22-38)35(42)39-17-6-3-7-18-39/h2,4-5,9-10,12-15,19-21,28H,3,6-8,11,16-18,22-23H2,1H3,(H,36,41)(H,37,40). The van der Waals surface area contributed by atoms with E-state index in [9.17, 15) is 14.4 Å². The van der Waals surface area contributed by atoms with Gasteiger partial charge in [0.2, 0.25) is 5.91 Å². The zero-order valence-corrected chi connectivity index (χ0v) is 24.2. The van der Waals surface area contributed by atoms with E-state index >= 15 is 0 Å². The van der Waals surface area contributed by atoms with Gasteiger partial charge in [-0.05, 0) is 98.0 Å². The summed E-state index contributed by atoms with van der Waals surface area (Å²) < 4.78 is 0. The third-order valence-electron chi connectivity index (χ3n) is 8.66. The molecule has 42 heavy (non-hydrogen) atoms. The van der Waals surface area contributed by atoms with Crippen LogP contribution in [-0.2, 0) is 11.3 Å². The van der Waals surface area contributed by atoms with Gasteiger partial charge in [-0.1, -0.05) is 42.5 Å². The zero-order valence-electron chi connectivity index (χ0n) is 24.2. The highest BCUT2D eigenvalue weighted by molar-refractivity contribution is 6.05. The number of anilines is 1. The van der Waals surface area contributed by atoms with Crippen LogP contribution < -0.4 is 10.9 Å². The normalized spacial score (nSPS) is 17.7. The van der Waals surface area contributed by atoms with E-state index in [4.69, 9.17) is 0 Å². The Balaban J connectivity index is 1.24. The van der Waals surface area contributed by atoms with Crippen LogP contribution in [0.5, 0.6) is 0 Å². The number of pyridine rings is 1. The lowest BCUT2D eigenvalue weighted by molar-refractivity contribution is -0.138. The molecule has 4 aromatic rings. The number of benzene rings is 3. The van der Waals surface area contributed by atoms with Crippen LogP contribution in [-0.4, -0.2) is 52.8 Å². The van der Waals surface area contributed by atoms with Crippen molar-refractivity contribution in [1.82, 2.24) is 14.8 Å². The molecule has 1 atom stereocenters. The second-order valence-electron chi connectivity index (χ2n) is 11.7. The number of nitrogens with zero attached hydrogens (tertiary/aromatic N) is 2. The minimum absolute atomic E-state index is 0.0339. The lowest BCUT2D eigenvalue weighted by Gasteiger charge is -2.36. The molecule has 0 aliphatic carbocycles. The fraction of sp³-hybridized carbons (Fsp3) is 0.343. The van der Waals surface area contributed by atoms with Crippen LogP contribution in [0.3, 0.4) is 0 Å². The van der Waals surface area contributed by atoms with Crippen molar-refractivity contribution < 1.29 is 9.59 Å². The summed E-state index contributed by atoms with van der Waals surface area (Å²) >= 11 is 0. The van der Waals surface area contributed by atoms with Crippen molar-refractivity contribution in [2.24, 2.45) is 5.92 Å². The Morgan fingerprint density at radius 1 is 0.905 bits per heavy atom. The zero-order chi connectivity index (χ0) is 29.1. The van der Waals surface area contributed by atoms with E-state index in [-0.39, 0.29) is 17.4 Å². The first kappa shape index (κ1) is 27.9. The van der Waals surface area contributed by atoms with Gasteiger partial charge in [0.1, 0.15) is 0 Å². The third kappa shape index (κ3) is 6.16. The molecule has 7 nitrogen and oxygen atoms in total. The number of nitrogens with one attached hydrogen (secondary N) is 2. The van der Waals surface area contributed by atoms with Crippen molar-refractivity contribution in [1.29, 1.82) is 0 Å². The first-order chi connectivity index (χ1) is 20.4. The van der Waals surface area contributed by atoms with E-state index in [1.54, 1.807) is 13.0 Å². The molecule has 3 aromatic carbocycles. The van der Waals surface area contributed by atoms with E-state index in [1.165, 1.54) is 6.42 Å². The van der Waals surface area contributed by atoms with Crippen molar-refractivity contribution in [2.75, 3.05) is 31.5 Å². The summed E-state index contributed by atoms with van der Waals surface area (Å²) in [4.78, 5) is 46.2.